The van der Waals surface area contributed by atoms with E-state index in [1.165, 1.54) is 82.9 Å². The molecule has 0 bridgehead atoms. The third-order valence-corrected chi connectivity index (χ3v) is 10.2. The van der Waals surface area contributed by atoms with Crippen LogP contribution < -0.4 is 21.3 Å². The molecule has 2 rings (SSSR count). The fraction of sp³-hybridized carbons (Fsp3) is 0.600. The summed E-state index contributed by atoms with van der Waals surface area (Å²) in [5, 5.41) is 14.3. The number of halogens is 2. The van der Waals surface area contributed by atoms with Gasteiger partial charge in [-0.2, -0.15) is 0 Å². The van der Waals surface area contributed by atoms with Crippen LogP contribution >= 0.6 is 53.4 Å². The molecule has 0 aliphatic heterocycles. The van der Waals surface area contributed by atoms with Crippen molar-refractivity contribution in [2.75, 3.05) is 50.8 Å². The van der Waals surface area contributed by atoms with E-state index in [2.05, 4.69) is 102 Å². The molecule has 2 aromatic carbocycles. The lowest BCUT2D eigenvalue weighted by Crippen LogP contribution is -2.19. The van der Waals surface area contributed by atoms with Crippen LogP contribution in [-0.2, 0) is 13.1 Å². The lowest BCUT2D eigenvalue weighted by Gasteiger charge is -2.08. The number of unbranched alkanes of at least 4 members (excludes halogenated alkanes) is 6. The van der Waals surface area contributed by atoms with Crippen molar-refractivity contribution in [3.63, 3.8) is 0 Å². The summed E-state index contributed by atoms with van der Waals surface area (Å²) in [7, 11) is 4.00. The van der Waals surface area contributed by atoms with E-state index in [0.29, 0.717) is 0 Å². The average molecular weight is 689 g/mol. The standard InChI is InChI=1S/C30H48Br2N4S2/c31-29-15-7-5-13-27(29)25-35-19-11-3-1-9-17-33-21-23-37-38-24-22-34-18-10-2-4-12-20-36-26-28-14-6-8-16-30(28)32/h5-8,13-16,33-36H,1-4,9-12,17-26H2. The molecule has 0 amide bonds. The van der Waals surface area contributed by atoms with Gasteiger partial charge in [0, 0.05) is 46.6 Å². The van der Waals surface area contributed by atoms with Crippen molar-refractivity contribution < 1.29 is 0 Å². The number of rotatable bonds is 25. The van der Waals surface area contributed by atoms with Gasteiger partial charge in [0.1, 0.15) is 0 Å². The van der Waals surface area contributed by atoms with Gasteiger partial charge < -0.3 is 21.3 Å². The first-order valence-corrected chi connectivity index (χ1v) is 18.4. The van der Waals surface area contributed by atoms with Gasteiger partial charge in [-0.3, -0.25) is 0 Å². The molecule has 0 aromatic heterocycles. The number of benzene rings is 2. The maximum atomic E-state index is 3.61. The SMILES string of the molecule is Brc1ccccc1CNCCCCCCNCCSSCCNCCCCCCNCc1ccccc1Br. The molecule has 4 N–H and O–H groups in total. The van der Waals surface area contributed by atoms with Gasteiger partial charge in [0.25, 0.3) is 0 Å². The molecule has 4 nitrogen and oxygen atoms in total. The van der Waals surface area contributed by atoms with Gasteiger partial charge >= 0.3 is 0 Å². The average Bonchev–Trinajstić information content (AvgIpc) is 2.93. The second kappa shape index (κ2) is 24.7. The van der Waals surface area contributed by atoms with Crippen molar-refractivity contribution in [2.45, 2.75) is 64.5 Å². The Morgan fingerprint density at radius 3 is 1.21 bits per heavy atom. The Labute approximate surface area is 257 Å². The molecule has 2 aromatic rings. The van der Waals surface area contributed by atoms with Gasteiger partial charge in [0.2, 0.25) is 0 Å². The van der Waals surface area contributed by atoms with Gasteiger partial charge in [0.05, 0.1) is 0 Å². The summed E-state index contributed by atoms with van der Waals surface area (Å²) >= 11 is 7.22. The molecular weight excluding hydrogens is 640 g/mol. The molecular formula is C30H48Br2N4S2. The van der Waals surface area contributed by atoms with Crippen molar-refractivity contribution in [2.24, 2.45) is 0 Å². The Morgan fingerprint density at radius 2 is 0.816 bits per heavy atom. The number of nitrogens with one attached hydrogen (secondary N) is 4. The number of hydrogen-bond acceptors (Lipinski definition) is 6. The molecule has 0 radical (unpaired) electrons. The Bertz CT molecular complexity index is 761. The van der Waals surface area contributed by atoms with Crippen LogP contribution in [0.2, 0.25) is 0 Å². The molecule has 0 unspecified atom stereocenters. The Morgan fingerprint density at radius 1 is 0.447 bits per heavy atom. The monoisotopic (exact) mass is 686 g/mol. The van der Waals surface area contributed by atoms with Gasteiger partial charge in [0.15, 0.2) is 0 Å². The van der Waals surface area contributed by atoms with E-state index < -0.39 is 0 Å². The first-order valence-electron chi connectivity index (χ1n) is 14.3. The zero-order valence-corrected chi connectivity index (χ0v) is 27.7. The zero-order chi connectivity index (χ0) is 26.9. The summed E-state index contributed by atoms with van der Waals surface area (Å²) in [5.41, 5.74) is 2.67. The highest BCUT2D eigenvalue weighted by atomic mass is 79.9. The number of hydrogen-bond donors (Lipinski definition) is 4. The highest BCUT2D eigenvalue weighted by Gasteiger charge is 1.99. The minimum Gasteiger partial charge on any atom is -0.316 e. The summed E-state index contributed by atoms with van der Waals surface area (Å²) in [5.74, 6) is 2.39. The van der Waals surface area contributed by atoms with E-state index in [9.17, 15) is 0 Å². The van der Waals surface area contributed by atoms with Crippen molar-refractivity contribution >= 4 is 53.4 Å². The Kier molecular flexibility index (Phi) is 22.2. The van der Waals surface area contributed by atoms with E-state index in [-0.39, 0.29) is 0 Å². The molecule has 0 heterocycles. The van der Waals surface area contributed by atoms with Crippen LogP contribution in [0, 0.1) is 0 Å². The topological polar surface area (TPSA) is 48.1 Å². The van der Waals surface area contributed by atoms with E-state index in [0.717, 1.165) is 52.4 Å². The van der Waals surface area contributed by atoms with Crippen molar-refractivity contribution in [1.29, 1.82) is 0 Å². The second-order valence-electron chi connectivity index (χ2n) is 9.51. The quantitative estimate of drug-likeness (QED) is 0.0632. The van der Waals surface area contributed by atoms with Crippen LogP contribution in [0.3, 0.4) is 0 Å². The normalized spacial score (nSPS) is 11.3. The molecule has 0 saturated heterocycles. The summed E-state index contributed by atoms with van der Waals surface area (Å²) < 4.78 is 2.39. The third kappa shape index (κ3) is 18.3. The molecule has 0 saturated carbocycles. The van der Waals surface area contributed by atoms with Crippen LogP contribution in [0.15, 0.2) is 57.5 Å². The Hall–Kier alpha value is -0.0600. The van der Waals surface area contributed by atoms with Crippen molar-refractivity contribution in [3.05, 3.63) is 68.6 Å². The Balaban J connectivity index is 1.20. The maximum Gasteiger partial charge on any atom is 0.0220 e. The van der Waals surface area contributed by atoms with Crippen molar-refractivity contribution in [1.82, 2.24) is 21.3 Å². The first kappa shape index (κ1) is 34.1. The summed E-state index contributed by atoms with van der Waals surface area (Å²) in [4.78, 5) is 0. The van der Waals surface area contributed by atoms with Crippen LogP contribution in [0.1, 0.15) is 62.5 Å². The fourth-order valence-corrected chi connectivity index (χ4v) is 6.78. The largest absolute Gasteiger partial charge is 0.316 e. The van der Waals surface area contributed by atoms with Crippen LogP contribution in [0.4, 0.5) is 0 Å². The fourth-order valence-electron chi connectivity index (χ4n) is 4.03. The van der Waals surface area contributed by atoms with E-state index in [1.807, 2.05) is 21.6 Å². The van der Waals surface area contributed by atoms with Gasteiger partial charge in [-0.15, -0.1) is 0 Å². The third-order valence-electron chi connectivity index (χ3n) is 6.27. The summed E-state index contributed by atoms with van der Waals surface area (Å²) in [6.45, 7) is 8.64. The first-order chi connectivity index (χ1) is 18.8. The molecule has 214 valence electrons. The van der Waals surface area contributed by atoms with Gasteiger partial charge in [-0.1, -0.05) is 116 Å². The molecule has 38 heavy (non-hydrogen) atoms. The minimum atomic E-state index is 0.946. The van der Waals surface area contributed by atoms with Crippen molar-refractivity contribution in [3.8, 4) is 0 Å². The van der Waals surface area contributed by atoms with Gasteiger partial charge in [-0.25, -0.2) is 0 Å². The predicted molar refractivity (Wildman–Crippen MR) is 179 cm³/mol. The molecule has 0 aliphatic carbocycles. The predicted octanol–water partition coefficient (Wildman–Crippen LogP) is 7.77. The molecule has 0 fully saturated rings. The van der Waals surface area contributed by atoms with Crippen LogP contribution in [-0.4, -0.2) is 50.8 Å². The lowest BCUT2D eigenvalue weighted by atomic mass is 10.2. The van der Waals surface area contributed by atoms with E-state index >= 15 is 0 Å². The van der Waals surface area contributed by atoms with Gasteiger partial charge in [-0.05, 0) is 75.1 Å². The highest BCUT2D eigenvalue weighted by Crippen LogP contribution is 2.19. The lowest BCUT2D eigenvalue weighted by molar-refractivity contribution is 0.569. The second-order valence-corrected chi connectivity index (χ2v) is 13.9. The van der Waals surface area contributed by atoms with E-state index in [4.69, 9.17) is 0 Å². The maximum absolute atomic E-state index is 3.61. The molecule has 0 atom stereocenters. The zero-order valence-electron chi connectivity index (χ0n) is 22.9. The molecule has 8 heteroatoms. The smallest absolute Gasteiger partial charge is 0.0220 e. The van der Waals surface area contributed by atoms with Crippen LogP contribution in [0.5, 0.6) is 0 Å². The molecule has 0 spiro atoms. The molecule has 0 aliphatic rings. The summed E-state index contributed by atoms with van der Waals surface area (Å²) in [6, 6.07) is 16.9. The van der Waals surface area contributed by atoms with Crippen LogP contribution in [0.25, 0.3) is 0 Å². The minimum absolute atomic E-state index is 0.946. The van der Waals surface area contributed by atoms with E-state index in [1.54, 1.807) is 0 Å². The summed E-state index contributed by atoms with van der Waals surface area (Å²) in [6.07, 6.45) is 10.4. The highest BCUT2D eigenvalue weighted by molar-refractivity contribution is 9.10.